The monoisotopic (exact) mass is 388 g/mol. The van der Waals surface area contributed by atoms with Gasteiger partial charge in [0.05, 0.1) is 0 Å². The summed E-state index contributed by atoms with van der Waals surface area (Å²) in [5.74, 6) is 0.961. The topological polar surface area (TPSA) is 67.9 Å². The lowest BCUT2D eigenvalue weighted by molar-refractivity contribution is -0.128. The summed E-state index contributed by atoms with van der Waals surface area (Å²) in [6.07, 6.45) is 0.729. The molecule has 2 aromatic rings. The fourth-order valence-corrected chi connectivity index (χ4v) is 2.91. The molecule has 3 rings (SSSR count). The van der Waals surface area contributed by atoms with Crippen LogP contribution in [0, 0.1) is 0 Å². The van der Waals surface area contributed by atoms with E-state index in [0.717, 1.165) is 12.0 Å². The molecule has 7 heteroatoms. The Balaban J connectivity index is 1.48. The maximum Gasteiger partial charge on any atom is 0.251 e. The lowest BCUT2D eigenvalue weighted by Crippen LogP contribution is -2.38. The van der Waals surface area contributed by atoms with Crippen molar-refractivity contribution in [1.82, 2.24) is 10.2 Å². The Morgan fingerprint density at radius 3 is 2.56 bits per heavy atom. The number of hydrogen-bond donors (Lipinski definition) is 1. The van der Waals surface area contributed by atoms with Crippen LogP contribution in [0.4, 0.5) is 0 Å². The van der Waals surface area contributed by atoms with Crippen LogP contribution in [0.2, 0.25) is 5.02 Å². The standard InChI is InChI=1S/C20H21ClN2O4/c1-14(24)23(10-8-15-2-5-17(21)6-3-15)11-9-22-20(25)16-4-7-18-19(12-16)27-13-26-18/h2-7,12H,8-11,13H2,1H3,(H,22,25). The lowest BCUT2D eigenvalue weighted by atomic mass is 10.1. The van der Waals surface area contributed by atoms with Crippen LogP contribution in [-0.2, 0) is 11.2 Å². The van der Waals surface area contributed by atoms with Crippen LogP contribution in [0.3, 0.4) is 0 Å². The highest BCUT2D eigenvalue weighted by atomic mass is 35.5. The molecule has 2 aromatic carbocycles. The van der Waals surface area contributed by atoms with Crippen LogP contribution in [0.15, 0.2) is 42.5 Å². The molecule has 0 saturated carbocycles. The number of nitrogens with one attached hydrogen (secondary N) is 1. The number of nitrogens with zero attached hydrogens (tertiary/aromatic N) is 1. The van der Waals surface area contributed by atoms with E-state index in [1.54, 1.807) is 23.1 Å². The first-order valence-corrected chi connectivity index (χ1v) is 9.08. The van der Waals surface area contributed by atoms with Crippen LogP contribution in [0.1, 0.15) is 22.8 Å². The lowest BCUT2D eigenvalue weighted by Gasteiger charge is -2.21. The Hall–Kier alpha value is -2.73. The number of hydrogen-bond acceptors (Lipinski definition) is 4. The van der Waals surface area contributed by atoms with Crippen LogP contribution in [0.25, 0.3) is 0 Å². The Labute approximate surface area is 163 Å². The molecule has 0 aliphatic carbocycles. The van der Waals surface area contributed by atoms with Gasteiger partial charge in [-0.3, -0.25) is 9.59 Å². The molecule has 6 nitrogen and oxygen atoms in total. The number of amides is 2. The second-order valence-corrected chi connectivity index (χ2v) is 6.64. The van der Waals surface area contributed by atoms with E-state index in [2.05, 4.69) is 5.32 Å². The van der Waals surface area contributed by atoms with Gasteiger partial charge in [-0.2, -0.15) is 0 Å². The number of halogens is 1. The predicted molar refractivity (Wildman–Crippen MR) is 102 cm³/mol. The van der Waals surface area contributed by atoms with Crippen molar-refractivity contribution >= 4 is 23.4 Å². The molecular weight excluding hydrogens is 368 g/mol. The summed E-state index contributed by atoms with van der Waals surface area (Å²) in [6, 6.07) is 12.6. The molecule has 0 spiro atoms. The van der Waals surface area contributed by atoms with Gasteiger partial charge in [-0.1, -0.05) is 23.7 Å². The van der Waals surface area contributed by atoms with Crippen molar-refractivity contribution in [2.24, 2.45) is 0 Å². The van der Waals surface area contributed by atoms with E-state index in [-0.39, 0.29) is 18.6 Å². The first kappa shape index (κ1) is 19.0. The third kappa shape index (κ3) is 5.14. The van der Waals surface area contributed by atoms with Crippen LogP contribution in [0.5, 0.6) is 11.5 Å². The minimum absolute atomic E-state index is 0.0266. The molecule has 27 heavy (non-hydrogen) atoms. The van der Waals surface area contributed by atoms with Crippen molar-refractivity contribution in [3.05, 3.63) is 58.6 Å². The maximum atomic E-state index is 12.3. The second-order valence-electron chi connectivity index (χ2n) is 6.21. The quantitative estimate of drug-likeness (QED) is 0.792. The summed E-state index contributed by atoms with van der Waals surface area (Å²) < 4.78 is 10.5. The van der Waals surface area contributed by atoms with Gasteiger partial charge in [0.25, 0.3) is 5.91 Å². The van der Waals surface area contributed by atoms with Crippen LogP contribution in [-0.4, -0.2) is 43.1 Å². The van der Waals surface area contributed by atoms with E-state index < -0.39 is 0 Å². The van der Waals surface area contributed by atoms with Crippen LogP contribution < -0.4 is 14.8 Å². The zero-order chi connectivity index (χ0) is 19.2. The van der Waals surface area contributed by atoms with E-state index in [0.29, 0.717) is 41.7 Å². The summed E-state index contributed by atoms with van der Waals surface area (Å²) in [6.45, 7) is 3.09. The van der Waals surface area contributed by atoms with Gasteiger partial charge in [0.15, 0.2) is 11.5 Å². The SMILES string of the molecule is CC(=O)N(CCNC(=O)c1ccc2c(c1)OCO2)CCc1ccc(Cl)cc1. The highest BCUT2D eigenvalue weighted by Crippen LogP contribution is 2.32. The van der Waals surface area contributed by atoms with E-state index >= 15 is 0 Å². The zero-order valence-corrected chi connectivity index (χ0v) is 15.8. The number of carbonyl (C=O) groups is 2. The highest BCUT2D eigenvalue weighted by molar-refractivity contribution is 6.30. The summed E-state index contributed by atoms with van der Waals surface area (Å²) in [5, 5.41) is 3.52. The molecule has 1 aliphatic heterocycles. The number of benzene rings is 2. The van der Waals surface area contributed by atoms with Crippen molar-refractivity contribution in [3.8, 4) is 11.5 Å². The fourth-order valence-electron chi connectivity index (χ4n) is 2.79. The summed E-state index contributed by atoms with van der Waals surface area (Å²) in [5.41, 5.74) is 1.60. The number of carbonyl (C=O) groups excluding carboxylic acids is 2. The van der Waals surface area contributed by atoms with Gasteiger partial charge in [0.1, 0.15) is 0 Å². The molecule has 0 radical (unpaired) electrons. The van der Waals surface area contributed by atoms with Crippen molar-refractivity contribution in [2.75, 3.05) is 26.4 Å². The molecular formula is C20H21ClN2O4. The molecule has 0 unspecified atom stereocenters. The van der Waals surface area contributed by atoms with Gasteiger partial charge in [-0.15, -0.1) is 0 Å². The highest BCUT2D eigenvalue weighted by Gasteiger charge is 2.16. The van der Waals surface area contributed by atoms with E-state index in [4.69, 9.17) is 21.1 Å². The van der Waals surface area contributed by atoms with Crippen molar-refractivity contribution < 1.29 is 19.1 Å². The smallest absolute Gasteiger partial charge is 0.251 e. The predicted octanol–water partition coefficient (Wildman–Crippen LogP) is 2.89. The normalized spacial score (nSPS) is 11.9. The molecule has 142 valence electrons. The minimum atomic E-state index is -0.213. The Morgan fingerprint density at radius 1 is 1.07 bits per heavy atom. The van der Waals surface area contributed by atoms with Gasteiger partial charge >= 0.3 is 0 Å². The minimum Gasteiger partial charge on any atom is -0.454 e. The number of ether oxygens (including phenoxy) is 2. The van der Waals surface area contributed by atoms with E-state index in [1.165, 1.54) is 6.92 Å². The fraction of sp³-hybridized carbons (Fsp3) is 0.300. The molecule has 0 fully saturated rings. The largest absolute Gasteiger partial charge is 0.454 e. The molecule has 2 amide bonds. The zero-order valence-electron chi connectivity index (χ0n) is 15.0. The summed E-state index contributed by atoms with van der Waals surface area (Å²) >= 11 is 5.89. The Morgan fingerprint density at radius 2 is 1.81 bits per heavy atom. The molecule has 1 N–H and O–H groups in total. The van der Waals surface area contributed by atoms with Crippen molar-refractivity contribution in [3.63, 3.8) is 0 Å². The third-order valence-electron chi connectivity index (χ3n) is 4.33. The molecule has 1 heterocycles. The van der Waals surface area contributed by atoms with Gasteiger partial charge in [-0.05, 0) is 42.3 Å². The third-order valence-corrected chi connectivity index (χ3v) is 4.58. The number of fused-ring (bicyclic) bond motifs is 1. The first-order chi connectivity index (χ1) is 13.0. The summed E-state index contributed by atoms with van der Waals surface area (Å²) in [4.78, 5) is 25.9. The molecule has 0 saturated heterocycles. The average Bonchev–Trinajstić information content (AvgIpc) is 3.13. The van der Waals surface area contributed by atoms with Gasteiger partial charge in [0.2, 0.25) is 12.7 Å². The summed E-state index contributed by atoms with van der Waals surface area (Å²) in [7, 11) is 0. The molecule has 0 bridgehead atoms. The van der Waals surface area contributed by atoms with Crippen molar-refractivity contribution in [1.29, 1.82) is 0 Å². The molecule has 1 aliphatic rings. The van der Waals surface area contributed by atoms with Gasteiger partial charge in [-0.25, -0.2) is 0 Å². The van der Waals surface area contributed by atoms with E-state index in [9.17, 15) is 9.59 Å². The molecule has 0 atom stereocenters. The Kier molecular flexibility index (Phi) is 6.19. The van der Waals surface area contributed by atoms with Gasteiger partial charge < -0.3 is 19.7 Å². The van der Waals surface area contributed by atoms with E-state index in [1.807, 2.05) is 24.3 Å². The van der Waals surface area contributed by atoms with Gasteiger partial charge in [0, 0.05) is 37.1 Å². The van der Waals surface area contributed by atoms with Crippen molar-refractivity contribution in [2.45, 2.75) is 13.3 Å². The number of rotatable bonds is 7. The maximum absolute atomic E-state index is 12.3. The Bertz CT molecular complexity index is 823. The molecule has 0 aromatic heterocycles. The first-order valence-electron chi connectivity index (χ1n) is 8.71. The average molecular weight is 389 g/mol. The van der Waals surface area contributed by atoms with Crippen LogP contribution >= 0.6 is 11.6 Å². The second kappa shape index (κ2) is 8.77.